The summed E-state index contributed by atoms with van der Waals surface area (Å²) in [6.45, 7) is 0.812. The Morgan fingerprint density at radius 1 is 1.35 bits per heavy atom. The van der Waals surface area contributed by atoms with Crippen LogP contribution in [0.3, 0.4) is 0 Å². The third-order valence-corrected chi connectivity index (χ3v) is 5.62. The molecule has 0 radical (unpaired) electrons. The zero-order chi connectivity index (χ0) is 15.9. The van der Waals surface area contributed by atoms with Crippen molar-refractivity contribution in [2.45, 2.75) is 10.8 Å². The lowest BCUT2D eigenvalue weighted by Gasteiger charge is -1.99. The lowest BCUT2D eigenvalue weighted by Crippen LogP contribution is -2.14. The Morgan fingerprint density at radius 3 is 3.09 bits per heavy atom. The van der Waals surface area contributed by atoms with Gasteiger partial charge in [-0.3, -0.25) is 4.79 Å². The van der Waals surface area contributed by atoms with Crippen molar-refractivity contribution in [3.63, 3.8) is 0 Å². The number of amides is 1. The second kappa shape index (κ2) is 8.09. The minimum atomic E-state index is -0.161. The van der Waals surface area contributed by atoms with Gasteiger partial charge in [-0.15, -0.1) is 21.5 Å². The van der Waals surface area contributed by atoms with E-state index in [-0.39, 0.29) is 11.7 Å². The predicted octanol–water partition coefficient (Wildman–Crippen LogP) is 2.97. The summed E-state index contributed by atoms with van der Waals surface area (Å²) in [5.74, 6) is 0.492. The highest BCUT2D eigenvalue weighted by atomic mass is 32.2. The van der Waals surface area contributed by atoms with Crippen LogP contribution < -0.4 is 10.6 Å². The zero-order valence-corrected chi connectivity index (χ0v) is 14.3. The molecule has 0 fully saturated rings. The van der Waals surface area contributed by atoms with Gasteiger partial charge in [0.05, 0.1) is 5.75 Å². The first-order valence-corrected chi connectivity index (χ1v) is 9.40. The maximum Gasteiger partial charge on any atom is 0.236 e. The fourth-order valence-corrected chi connectivity index (χ4v) is 3.96. The van der Waals surface area contributed by atoms with Crippen molar-refractivity contribution in [1.82, 2.24) is 15.4 Å². The first-order valence-electron chi connectivity index (χ1n) is 6.72. The molecule has 3 aromatic rings. The van der Waals surface area contributed by atoms with Crippen LogP contribution in [0.15, 0.2) is 38.7 Å². The minimum absolute atomic E-state index is 0.161. The van der Waals surface area contributed by atoms with E-state index in [4.69, 9.17) is 0 Å². The molecule has 0 unspecified atom stereocenters. The van der Waals surface area contributed by atoms with Gasteiger partial charge in [-0.25, -0.2) is 0 Å². The lowest BCUT2D eigenvalue weighted by molar-refractivity contribution is -0.113. The summed E-state index contributed by atoms with van der Waals surface area (Å²) in [5, 5.41) is 20.4. The number of aromatic nitrogens is 3. The molecule has 3 rings (SSSR count). The fraction of sp³-hybridized carbons (Fsp3) is 0.231. The highest BCUT2D eigenvalue weighted by molar-refractivity contribution is 8.01. The number of nitrogens with zero attached hydrogens (tertiary/aromatic N) is 3. The van der Waals surface area contributed by atoms with Crippen LogP contribution in [0.25, 0.3) is 0 Å². The van der Waals surface area contributed by atoms with Gasteiger partial charge in [0.15, 0.2) is 10.2 Å². The van der Waals surface area contributed by atoms with Crippen molar-refractivity contribution in [1.29, 1.82) is 0 Å². The van der Waals surface area contributed by atoms with Crippen molar-refractivity contribution < 1.29 is 9.32 Å². The summed E-state index contributed by atoms with van der Waals surface area (Å²) in [5.41, 5.74) is 0. The Hall–Kier alpha value is -1.91. The molecule has 2 N–H and O–H groups in total. The van der Waals surface area contributed by atoms with E-state index in [2.05, 4.69) is 42.0 Å². The Kier molecular flexibility index (Phi) is 5.61. The molecule has 7 nitrogen and oxygen atoms in total. The van der Waals surface area contributed by atoms with Crippen molar-refractivity contribution in [2.75, 3.05) is 22.9 Å². The van der Waals surface area contributed by atoms with Crippen LogP contribution in [0.2, 0.25) is 0 Å². The molecule has 120 valence electrons. The number of hydrogen-bond donors (Lipinski definition) is 2. The average molecular weight is 367 g/mol. The van der Waals surface area contributed by atoms with Crippen LogP contribution in [0, 0.1) is 0 Å². The number of thioether (sulfide) groups is 1. The van der Waals surface area contributed by atoms with Gasteiger partial charge < -0.3 is 15.2 Å². The molecule has 0 aromatic carbocycles. The van der Waals surface area contributed by atoms with E-state index in [0.29, 0.717) is 5.82 Å². The summed E-state index contributed by atoms with van der Waals surface area (Å²) >= 11 is 4.52. The number of thiophene rings is 1. The van der Waals surface area contributed by atoms with Gasteiger partial charge in [-0.05, 0) is 17.9 Å². The smallest absolute Gasteiger partial charge is 0.236 e. The first-order chi connectivity index (χ1) is 11.3. The van der Waals surface area contributed by atoms with E-state index in [1.54, 1.807) is 17.4 Å². The Morgan fingerprint density at radius 2 is 2.30 bits per heavy atom. The molecule has 3 aromatic heterocycles. The van der Waals surface area contributed by atoms with Crippen LogP contribution in [-0.2, 0) is 11.2 Å². The molecule has 0 saturated carbocycles. The van der Waals surface area contributed by atoms with Crippen molar-refractivity contribution in [2.24, 2.45) is 0 Å². The van der Waals surface area contributed by atoms with Gasteiger partial charge in [-0.2, -0.15) is 0 Å². The molecule has 3 heterocycles. The largest absolute Gasteiger partial charge is 0.363 e. The number of carbonyl (C=O) groups excluding carboxylic acids is 1. The van der Waals surface area contributed by atoms with Gasteiger partial charge in [0.1, 0.15) is 6.26 Å². The first kappa shape index (κ1) is 16.0. The number of carbonyl (C=O) groups is 1. The van der Waals surface area contributed by atoms with Crippen LogP contribution in [0.1, 0.15) is 4.88 Å². The van der Waals surface area contributed by atoms with Gasteiger partial charge in [0, 0.05) is 17.5 Å². The molecule has 0 bridgehead atoms. The van der Waals surface area contributed by atoms with E-state index < -0.39 is 0 Å². The summed E-state index contributed by atoms with van der Waals surface area (Å²) in [4.78, 5) is 13.1. The van der Waals surface area contributed by atoms with Crippen molar-refractivity contribution in [3.8, 4) is 0 Å². The van der Waals surface area contributed by atoms with Crippen LogP contribution in [0.4, 0.5) is 10.9 Å². The monoisotopic (exact) mass is 367 g/mol. The Balaban J connectivity index is 1.39. The molecule has 0 aliphatic heterocycles. The molecule has 0 atom stereocenters. The normalized spacial score (nSPS) is 10.6. The summed E-state index contributed by atoms with van der Waals surface area (Å²) in [7, 11) is 0. The second-order valence-electron chi connectivity index (χ2n) is 4.35. The van der Waals surface area contributed by atoms with E-state index in [1.807, 2.05) is 6.07 Å². The molecule has 10 heteroatoms. The topological polar surface area (TPSA) is 92.9 Å². The molecular weight excluding hydrogens is 354 g/mol. The Labute approximate surface area is 144 Å². The zero-order valence-electron chi connectivity index (χ0n) is 11.9. The lowest BCUT2D eigenvalue weighted by atomic mass is 10.3. The molecule has 0 aliphatic carbocycles. The van der Waals surface area contributed by atoms with Crippen LogP contribution in [-0.4, -0.2) is 33.6 Å². The number of hydrogen-bond acceptors (Lipinski definition) is 9. The number of anilines is 2. The van der Waals surface area contributed by atoms with Gasteiger partial charge in [-0.1, -0.05) is 34.3 Å². The summed E-state index contributed by atoms with van der Waals surface area (Å²) < 4.78 is 5.40. The second-order valence-corrected chi connectivity index (χ2v) is 7.58. The van der Waals surface area contributed by atoms with Crippen LogP contribution in [0.5, 0.6) is 0 Å². The predicted molar refractivity (Wildman–Crippen MR) is 92.3 cm³/mol. The molecule has 0 spiro atoms. The number of nitrogens with one attached hydrogen (secondary N) is 2. The van der Waals surface area contributed by atoms with Crippen molar-refractivity contribution >= 4 is 51.3 Å². The molecule has 0 saturated heterocycles. The highest BCUT2D eigenvalue weighted by Crippen LogP contribution is 2.25. The van der Waals surface area contributed by atoms with Crippen molar-refractivity contribution in [3.05, 3.63) is 34.7 Å². The number of rotatable bonds is 8. The van der Waals surface area contributed by atoms with E-state index in [0.717, 1.165) is 22.4 Å². The van der Waals surface area contributed by atoms with Gasteiger partial charge in [0.2, 0.25) is 11.0 Å². The van der Waals surface area contributed by atoms with E-state index in [9.17, 15) is 4.79 Å². The average Bonchev–Trinajstić information content (AvgIpc) is 3.28. The fourth-order valence-electron chi connectivity index (χ4n) is 1.67. The highest BCUT2D eigenvalue weighted by Gasteiger charge is 2.09. The minimum Gasteiger partial charge on any atom is -0.363 e. The molecule has 0 aliphatic rings. The van der Waals surface area contributed by atoms with Gasteiger partial charge in [0.25, 0.3) is 0 Å². The quantitative estimate of drug-likeness (QED) is 0.591. The van der Waals surface area contributed by atoms with Crippen LogP contribution >= 0.6 is 34.4 Å². The summed E-state index contributed by atoms with van der Waals surface area (Å²) in [6, 6.07) is 5.74. The third kappa shape index (κ3) is 5.05. The molecular formula is C13H13N5O2S3. The summed E-state index contributed by atoms with van der Waals surface area (Å²) in [6.07, 6.45) is 2.36. The van der Waals surface area contributed by atoms with E-state index >= 15 is 0 Å². The molecule has 23 heavy (non-hydrogen) atoms. The van der Waals surface area contributed by atoms with E-state index in [1.165, 1.54) is 34.2 Å². The maximum atomic E-state index is 11.7. The third-order valence-electron chi connectivity index (χ3n) is 2.67. The molecule has 1 amide bonds. The Bertz CT molecular complexity index is 727. The standard InChI is InChI=1S/C13H13N5O2S3/c19-11(15-10-4-6-20-18-10)8-22-13-17-16-12(23-13)14-5-3-9-2-1-7-21-9/h1-2,4,6-7H,3,5,8H2,(H,14,16)(H,15,18,19). The maximum absolute atomic E-state index is 11.7. The van der Waals surface area contributed by atoms with Gasteiger partial charge >= 0.3 is 0 Å². The SMILES string of the molecule is O=C(CSc1nnc(NCCc2cccs2)s1)Nc1ccon1.